The predicted molar refractivity (Wildman–Crippen MR) is 94.6 cm³/mol. The quantitative estimate of drug-likeness (QED) is 0.574. The van der Waals surface area contributed by atoms with Gasteiger partial charge in [0.2, 0.25) is 0 Å². The molecule has 0 aliphatic carbocycles. The van der Waals surface area contributed by atoms with Crippen LogP contribution >= 0.6 is 11.3 Å². The molecule has 2 nitrogen and oxygen atoms in total. The predicted octanol–water partition coefficient (Wildman–Crippen LogP) is 4.81. The van der Waals surface area contributed by atoms with Gasteiger partial charge in [0.1, 0.15) is 0 Å². The third-order valence-corrected chi connectivity index (χ3v) is 5.23. The molecular weight excluding hydrogens is 279 g/mol. The molecule has 0 radical (unpaired) electrons. The molecule has 0 amide bonds. The van der Waals surface area contributed by atoms with Crippen molar-refractivity contribution in [1.29, 1.82) is 0 Å². The van der Waals surface area contributed by atoms with Crippen LogP contribution in [0.2, 0.25) is 0 Å². The minimum Gasteiger partial charge on any atom is -0.399 e. The first-order valence-corrected chi connectivity index (χ1v) is 9.16. The lowest BCUT2D eigenvalue weighted by Gasteiger charge is -2.32. The van der Waals surface area contributed by atoms with Crippen molar-refractivity contribution in [3.63, 3.8) is 0 Å². The van der Waals surface area contributed by atoms with E-state index >= 15 is 0 Å². The van der Waals surface area contributed by atoms with Crippen molar-refractivity contribution < 1.29 is 9.31 Å². The number of thiophene rings is 1. The van der Waals surface area contributed by atoms with Gasteiger partial charge in [-0.1, -0.05) is 33.6 Å². The highest BCUT2D eigenvalue weighted by atomic mass is 32.1. The summed E-state index contributed by atoms with van der Waals surface area (Å²) in [5.41, 5.74) is 0.928. The molecule has 0 spiro atoms. The minimum atomic E-state index is -0.246. The molecule has 1 fully saturated rings. The van der Waals surface area contributed by atoms with Crippen molar-refractivity contribution in [3.8, 4) is 0 Å². The normalized spacial score (nSPS) is 19.3. The van der Waals surface area contributed by atoms with Crippen LogP contribution in [0.15, 0.2) is 11.4 Å². The second kappa shape index (κ2) is 7.80. The average Bonchev–Trinajstić information content (AvgIpc) is 2.96. The van der Waals surface area contributed by atoms with Gasteiger partial charge in [-0.3, -0.25) is 0 Å². The molecule has 0 aromatic carbocycles. The lowest BCUT2D eigenvalue weighted by molar-refractivity contribution is 0.00578. The fourth-order valence-electron chi connectivity index (χ4n) is 2.19. The Kier molecular flexibility index (Phi) is 6.96. The Morgan fingerprint density at radius 1 is 1.05 bits per heavy atom. The van der Waals surface area contributed by atoms with E-state index in [9.17, 15) is 0 Å². The van der Waals surface area contributed by atoms with Crippen LogP contribution in [0, 0.1) is 0 Å². The molecular formula is C17H31BO2S. The molecule has 4 heteroatoms. The summed E-state index contributed by atoms with van der Waals surface area (Å²) >= 11 is 1.76. The highest BCUT2D eigenvalue weighted by Crippen LogP contribution is 2.36. The maximum absolute atomic E-state index is 6.08. The largest absolute Gasteiger partial charge is 0.505 e. The third kappa shape index (κ3) is 4.57. The molecule has 0 atom stereocenters. The van der Waals surface area contributed by atoms with Gasteiger partial charge in [-0.15, -0.1) is 0 Å². The molecule has 0 bridgehead atoms. The highest BCUT2D eigenvalue weighted by molar-refractivity contribution is 7.20. The van der Waals surface area contributed by atoms with Crippen LogP contribution in [0.25, 0.3) is 0 Å². The summed E-state index contributed by atoms with van der Waals surface area (Å²) in [4.78, 5) is 0. The lowest BCUT2D eigenvalue weighted by atomic mass is 9.87. The van der Waals surface area contributed by atoms with Gasteiger partial charge in [-0.25, -0.2) is 0 Å². The zero-order valence-corrected chi connectivity index (χ0v) is 15.6. The average molecular weight is 310 g/mol. The second-order valence-electron chi connectivity index (χ2n) is 6.40. The minimum absolute atomic E-state index is 0.199. The Balaban J connectivity index is 0.00000106. The van der Waals surface area contributed by atoms with Crippen LogP contribution in [0.4, 0.5) is 0 Å². The first-order chi connectivity index (χ1) is 9.86. The van der Waals surface area contributed by atoms with Crippen LogP contribution < -0.4 is 4.78 Å². The van der Waals surface area contributed by atoms with E-state index in [0.717, 1.165) is 0 Å². The molecule has 1 aliphatic heterocycles. The zero-order chi connectivity index (χ0) is 16.1. The fraction of sp³-hybridized carbons (Fsp3) is 0.765. The Bertz CT molecular complexity index is 410. The van der Waals surface area contributed by atoms with E-state index in [1.165, 1.54) is 36.0 Å². The van der Waals surface area contributed by atoms with Gasteiger partial charge in [0, 0.05) is 4.78 Å². The zero-order valence-electron chi connectivity index (χ0n) is 14.8. The first kappa shape index (κ1) is 18.7. The van der Waals surface area contributed by atoms with Gasteiger partial charge in [0.25, 0.3) is 0 Å². The molecule has 1 aliphatic rings. The Hall–Kier alpha value is -0.315. The molecule has 2 heterocycles. The number of unbranched alkanes of at least 4 members (excludes halogenated alkanes) is 2. The van der Waals surface area contributed by atoms with Gasteiger partial charge < -0.3 is 9.31 Å². The summed E-state index contributed by atoms with van der Waals surface area (Å²) in [7, 11) is -0.199. The molecule has 0 unspecified atom stereocenters. The van der Waals surface area contributed by atoms with Crippen LogP contribution in [-0.2, 0) is 15.7 Å². The van der Waals surface area contributed by atoms with Crippen molar-refractivity contribution >= 4 is 23.2 Å². The van der Waals surface area contributed by atoms with Crippen molar-refractivity contribution in [2.45, 2.75) is 85.4 Å². The summed E-state index contributed by atoms with van der Waals surface area (Å²) in [5, 5.41) is 2.25. The standard InChI is InChI=1S/C15H25BO2S.C2H6/c1-6-7-8-9-12-10-13(19-11-12)16-17-14(2,3)15(4,5)18-16;1-2/h10-11H,6-9H2,1-5H3;1-2H3. The van der Waals surface area contributed by atoms with E-state index in [0.29, 0.717) is 0 Å². The lowest BCUT2D eigenvalue weighted by Crippen LogP contribution is -2.41. The molecule has 0 saturated carbocycles. The maximum Gasteiger partial charge on any atom is 0.505 e. The summed E-state index contributed by atoms with van der Waals surface area (Å²) < 4.78 is 13.4. The molecule has 1 saturated heterocycles. The smallest absolute Gasteiger partial charge is 0.399 e. The molecule has 120 valence electrons. The third-order valence-electron chi connectivity index (χ3n) is 4.23. The molecule has 21 heavy (non-hydrogen) atoms. The molecule has 0 N–H and O–H groups in total. The van der Waals surface area contributed by atoms with Gasteiger partial charge in [0.05, 0.1) is 11.2 Å². The van der Waals surface area contributed by atoms with Crippen LogP contribution in [0.5, 0.6) is 0 Å². The van der Waals surface area contributed by atoms with Gasteiger partial charge in [-0.05, 0) is 57.5 Å². The van der Waals surface area contributed by atoms with Crippen LogP contribution in [0.1, 0.15) is 73.3 Å². The summed E-state index contributed by atoms with van der Waals surface area (Å²) in [5.74, 6) is 0. The fourth-order valence-corrected chi connectivity index (χ4v) is 3.09. The topological polar surface area (TPSA) is 18.5 Å². The van der Waals surface area contributed by atoms with E-state index in [-0.39, 0.29) is 18.3 Å². The maximum atomic E-state index is 6.08. The van der Waals surface area contributed by atoms with E-state index in [1.807, 2.05) is 13.8 Å². The number of hydrogen-bond acceptors (Lipinski definition) is 3. The molecule has 1 aromatic rings. The van der Waals surface area contributed by atoms with E-state index in [4.69, 9.17) is 9.31 Å². The van der Waals surface area contributed by atoms with Crippen LogP contribution in [0.3, 0.4) is 0 Å². The Morgan fingerprint density at radius 2 is 1.62 bits per heavy atom. The highest BCUT2D eigenvalue weighted by Gasteiger charge is 2.52. The Labute approximate surface area is 135 Å². The van der Waals surface area contributed by atoms with Gasteiger partial charge >= 0.3 is 7.12 Å². The van der Waals surface area contributed by atoms with Crippen molar-refractivity contribution in [3.05, 3.63) is 17.0 Å². The molecule has 2 rings (SSSR count). The number of hydrogen-bond donors (Lipinski definition) is 0. The monoisotopic (exact) mass is 310 g/mol. The van der Waals surface area contributed by atoms with Gasteiger partial charge in [-0.2, -0.15) is 11.3 Å². The van der Waals surface area contributed by atoms with E-state index < -0.39 is 0 Å². The summed E-state index contributed by atoms with van der Waals surface area (Å²) in [6.07, 6.45) is 5.02. The number of rotatable bonds is 5. The molecule has 1 aromatic heterocycles. The SMILES string of the molecule is CC.CCCCCc1csc(B2OC(C)(C)C(C)(C)O2)c1. The summed E-state index contributed by atoms with van der Waals surface area (Å²) in [6, 6.07) is 2.25. The van der Waals surface area contributed by atoms with Crippen molar-refractivity contribution in [2.75, 3.05) is 0 Å². The van der Waals surface area contributed by atoms with E-state index in [2.05, 4.69) is 46.1 Å². The number of aryl methyl sites for hydroxylation is 1. The summed E-state index contributed by atoms with van der Waals surface area (Å²) in [6.45, 7) is 14.6. The first-order valence-electron chi connectivity index (χ1n) is 8.28. The van der Waals surface area contributed by atoms with E-state index in [1.54, 1.807) is 11.3 Å². The Morgan fingerprint density at radius 3 is 2.14 bits per heavy atom. The van der Waals surface area contributed by atoms with Gasteiger partial charge in [0.15, 0.2) is 0 Å². The van der Waals surface area contributed by atoms with Crippen molar-refractivity contribution in [2.24, 2.45) is 0 Å². The van der Waals surface area contributed by atoms with Crippen molar-refractivity contribution in [1.82, 2.24) is 0 Å². The van der Waals surface area contributed by atoms with Crippen LogP contribution in [-0.4, -0.2) is 18.3 Å². The second-order valence-corrected chi connectivity index (χ2v) is 7.35.